The van der Waals surface area contributed by atoms with E-state index in [-0.39, 0.29) is 9.52 Å². The van der Waals surface area contributed by atoms with E-state index >= 15 is 0 Å². The van der Waals surface area contributed by atoms with Crippen LogP contribution in [0.5, 0.6) is 0 Å². The molecule has 1 atom stereocenters. The molecule has 15 heavy (non-hydrogen) atoms. The van der Waals surface area contributed by atoms with Gasteiger partial charge >= 0.3 is 0 Å². The first-order valence-electron chi connectivity index (χ1n) is 5.69. The first-order chi connectivity index (χ1) is 7.27. The fourth-order valence-electron chi connectivity index (χ4n) is 2.21. The molecule has 78 valence electrons. The molecule has 0 fully saturated rings. The minimum absolute atomic E-state index is 0.180. The molecule has 1 aliphatic carbocycles. The molecule has 0 amide bonds. The maximum Gasteiger partial charge on any atom is 0.0667 e. The van der Waals surface area contributed by atoms with Crippen molar-refractivity contribution in [2.75, 3.05) is 0 Å². The van der Waals surface area contributed by atoms with E-state index < -0.39 is 0 Å². The Bertz CT molecular complexity index is 374. The molecule has 1 unspecified atom stereocenters. The summed E-state index contributed by atoms with van der Waals surface area (Å²) in [7, 11) is -0.180. The largest absolute Gasteiger partial charge is 0.0803 e. The van der Waals surface area contributed by atoms with Gasteiger partial charge in [0.2, 0.25) is 0 Å². The Hall–Kier alpha value is -1.08. The van der Waals surface area contributed by atoms with E-state index in [1.54, 1.807) is 10.8 Å². The third-order valence-electron chi connectivity index (χ3n) is 3.03. The van der Waals surface area contributed by atoms with Gasteiger partial charge in [-0.1, -0.05) is 73.2 Å². The maximum atomic E-state index is 2.38. The third-order valence-corrected chi connectivity index (χ3v) is 5.15. The summed E-state index contributed by atoms with van der Waals surface area (Å²) in [6.45, 7) is 4.59. The summed E-state index contributed by atoms with van der Waals surface area (Å²) in [6.07, 6.45) is 6.93. The number of rotatable bonds is 3. The fraction of sp³-hybridized carbons (Fsp3) is 0.286. The van der Waals surface area contributed by atoms with Crippen molar-refractivity contribution in [3.05, 3.63) is 54.1 Å². The first-order valence-corrected chi connectivity index (χ1v) is 7.22. The predicted molar refractivity (Wildman–Crippen MR) is 70.4 cm³/mol. The van der Waals surface area contributed by atoms with Crippen LogP contribution in [0, 0.1) is 5.92 Å². The lowest BCUT2D eigenvalue weighted by molar-refractivity contribution is 0.751. The quantitative estimate of drug-likeness (QED) is 0.678. The van der Waals surface area contributed by atoms with Gasteiger partial charge in [0.25, 0.3) is 0 Å². The van der Waals surface area contributed by atoms with Crippen molar-refractivity contribution in [1.82, 2.24) is 0 Å². The van der Waals surface area contributed by atoms with Gasteiger partial charge in [0.15, 0.2) is 0 Å². The average Bonchev–Trinajstić information content (AvgIpc) is 2.67. The molecule has 0 radical (unpaired) electrons. The van der Waals surface area contributed by atoms with Gasteiger partial charge in [0.1, 0.15) is 0 Å². The van der Waals surface area contributed by atoms with Crippen molar-refractivity contribution in [2.24, 2.45) is 5.92 Å². The number of hydrogen-bond acceptors (Lipinski definition) is 0. The van der Waals surface area contributed by atoms with Crippen molar-refractivity contribution in [3.63, 3.8) is 0 Å². The molecular formula is C14H18Si. The van der Waals surface area contributed by atoms with E-state index in [4.69, 9.17) is 0 Å². The lowest BCUT2D eigenvalue weighted by Gasteiger charge is -2.16. The normalized spacial score (nSPS) is 20.5. The minimum atomic E-state index is -0.180. The summed E-state index contributed by atoms with van der Waals surface area (Å²) in [5, 5.41) is 1.57. The molecule has 2 rings (SSSR count). The van der Waals surface area contributed by atoms with Crippen LogP contribution in [0.2, 0.25) is 5.54 Å². The van der Waals surface area contributed by atoms with E-state index in [0.29, 0.717) is 5.92 Å². The molecule has 1 heteroatoms. The van der Waals surface area contributed by atoms with Crippen molar-refractivity contribution in [2.45, 2.75) is 19.4 Å². The van der Waals surface area contributed by atoms with Crippen LogP contribution in [0.4, 0.5) is 0 Å². The van der Waals surface area contributed by atoms with E-state index in [2.05, 4.69) is 62.4 Å². The molecule has 0 saturated carbocycles. The van der Waals surface area contributed by atoms with Crippen LogP contribution in [0.1, 0.15) is 13.8 Å². The zero-order valence-corrected chi connectivity index (χ0v) is 10.9. The molecule has 1 aliphatic rings. The van der Waals surface area contributed by atoms with Crippen molar-refractivity contribution < 1.29 is 0 Å². The standard InChI is InChI=1S/C14H18Si/c1-11(2)13-9-6-10-14(13)15-12-7-4-3-5-8-12/h3-11,14H,15H2,1-2H3. The summed E-state index contributed by atoms with van der Waals surface area (Å²) in [4.78, 5) is 0. The van der Waals surface area contributed by atoms with Crippen LogP contribution in [0.3, 0.4) is 0 Å². The molecule has 0 aromatic heterocycles. The third kappa shape index (κ3) is 2.48. The van der Waals surface area contributed by atoms with Crippen molar-refractivity contribution in [3.8, 4) is 0 Å². The molecular weight excluding hydrogens is 196 g/mol. The second kappa shape index (κ2) is 4.62. The van der Waals surface area contributed by atoms with Gasteiger partial charge in [-0.2, -0.15) is 0 Å². The number of hydrogen-bond donors (Lipinski definition) is 0. The van der Waals surface area contributed by atoms with Crippen LogP contribution in [0.25, 0.3) is 0 Å². The van der Waals surface area contributed by atoms with Crippen LogP contribution in [0.15, 0.2) is 54.1 Å². The molecule has 0 heterocycles. The summed E-state index contributed by atoms with van der Waals surface area (Å²) >= 11 is 0. The van der Waals surface area contributed by atoms with Gasteiger partial charge in [-0.25, -0.2) is 0 Å². The zero-order chi connectivity index (χ0) is 10.7. The smallest absolute Gasteiger partial charge is 0.0667 e. The van der Waals surface area contributed by atoms with E-state index in [0.717, 1.165) is 5.54 Å². The predicted octanol–water partition coefficient (Wildman–Crippen LogP) is 2.42. The fourth-order valence-corrected chi connectivity index (χ4v) is 4.40. The Morgan fingerprint density at radius 1 is 1.13 bits per heavy atom. The first kappa shape index (κ1) is 10.4. The average molecular weight is 214 g/mol. The van der Waals surface area contributed by atoms with Crippen LogP contribution >= 0.6 is 0 Å². The highest BCUT2D eigenvalue weighted by Crippen LogP contribution is 2.29. The van der Waals surface area contributed by atoms with E-state index in [1.807, 2.05) is 0 Å². The van der Waals surface area contributed by atoms with Gasteiger partial charge < -0.3 is 0 Å². The summed E-state index contributed by atoms with van der Waals surface area (Å²) < 4.78 is 0. The molecule has 1 aromatic rings. The highest BCUT2D eigenvalue weighted by molar-refractivity contribution is 6.56. The highest BCUT2D eigenvalue weighted by Gasteiger charge is 2.17. The van der Waals surface area contributed by atoms with Gasteiger partial charge in [-0.3, -0.25) is 0 Å². The molecule has 1 aromatic carbocycles. The highest BCUT2D eigenvalue weighted by atomic mass is 28.2. The second-order valence-corrected chi connectivity index (χ2v) is 6.61. The van der Waals surface area contributed by atoms with Crippen molar-refractivity contribution in [1.29, 1.82) is 0 Å². The lowest BCUT2D eigenvalue weighted by Crippen LogP contribution is -2.19. The van der Waals surface area contributed by atoms with E-state index in [1.165, 1.54) is 0 Å². The molecule has 0 saturated heterocycles. The minimum Gasteiger partial charge on any atom is -0.0803 e. The van der Waals surface area contributed by atoms with Crippen molar-refractivity contribution >= 4 is 14.7 Å². The lowest BCUT2D eigenvalue weighted by atomic mass is 10.0. The molecule has 0 aliphatic heterocycles. The van der Waals surface area contributed by atoms with Gasteiger partial charge in [0.05, 0.1) is 9.52 Å². The monoisotopic (exact) mass is 214 g/mol. The summed E-state index contributed by atoms with van der Waals surface area (Å²) in [6, 6.07) is 11.0. The molecule has 0 N–H and O–H groups in total. The van der Waals surface area contributed by atoms with Gasteiger partial charge in [0, 0.05) is 0 Å². The zero-order valence-electron chi connectivity index (χ0n) is 9.48. The Balaban J connectivity index is 2.08. The van der Waals surface area contributed by atoms with Crippen LogP contribution in [-0.2, 0) is 0 Å². The topological polar surface area (TPSA) is 0 Å². The number of benzene rings is 1. The Kier molecular flexibility index (Phi) is 3.22. The van der Waals surface area contributed by atoms with Crippen LogP contribution in [-0.4, -0.2) is 9.52 Å². The molecule has 0 bridgehead atoms. The summed E-state index contributed by atoms with van der Waals surface area (Å²) in [5.74, 6) is 0.696. The van der Waals surface area contributed by atoms with Gasteiger partial charge in [-0.15, -0.1) is 0 Å². The Morgan fingerprint density at radius 3 is 2.53 bits per heavy atom. The van der Waals surface area contributed by atoms with Crippen LogP contribution < -0.4 is 5.19 Å². The maximum absolute atomic E-state index is 2.38. The van der Waals surface area contributed by atoms with E-state index in [9.17, 15) is 0 Å². The Labute approximate surface area is 94.5 Å². The molecule has 0 spiro atoms. The SMILES string of the molecule is CC(C)C1=CC=CC1[SiH2]c1ccccc1. The van der Waals surface area contributed by atoms with Gasteiger partial charge in [-0.05, 0) is 11.5 Å². The molecule has 0 nitrogen and oxygen atoms in total. The number of allylic oxidation sites excluding steroid dienone is 4. The summed E-state index contributed by atoms with van der Waals surface area (Å²) in [5.41, 5.74) is 2.39. The second-order valence-electron chi connectivity index (χ2n) is 4.50. The Morgan fingerprint density at radius 2 is 1.87 bits per heavy atom.